The molecule has 1 aromatic rings. The molecule has 1 atom stereocenters. The highest BCUT2D eigenvalue weighted by atomic mass is 79.9. The maximum Gasteiger partial charge on any atom is 0.163 e. The molecule has 4 nitrogen and oxygen atoms in total. The highest BCUT2D eigenvalue weighted by molar-refractivity contribution is 9.10. The fraction of sp³-hybridized carbons (Fsp3) is 0.562. The molecule has 0 aromatic heterocycles. The van der Waals surface area contributed by atoms with Gasteiger partial charge in [-0.3, -0.25) is 9.69 Å². The van der Waals surface area contributed by atoms with E-state index >= 15 is 0 Å². The lowest BCUT2D eigenvalue weighted by molar-refractivity contribution is -0.0565. The summed E-state index contributed by atoms with van der Waals surface area (Å²) in [6.07, 6.45) is 0.0459. The molecule has 1 heterocycles. The summed E-state index contributed by atoms with van der Waals surface area (Å²) in [6, 6.07) is 6.00. The van der Waals surface area contributed by atoms with E-state index in [4.69, 9.17) is 9.47 Å². The van der Waals surface area contributed by atoms with Crippen molar-refractivity contribution >= 4 is 21.7 Å². The molecule has 1 fully saturated rings. The minimum atomic E-state index is -0.000306. The van der Waals surface area contributed by atoms with Gasteiger partial charge in [-0.1, -0.05) is 15.9 Å². The van der Waals surface area contributed by atoms with Gasteiger partial charge in [0.25, 0.3) is 0 Å². The fourth-order valence-electron chi connectivity index (χ4n) is 2.40. The lowest BCUT2D eigenvalue weighted by Gasteiger charge is -2.35. The van der Waals surface area contributed by atoms with Crippen LogP contribution in [0.15, 0.2) is 22.7 Å². The normalized spacial score (nSPS) is 19.8. The lowest BCUT2D eigenvalue weighted by Crippen LogP contribution is -2.47. The Balaban J connectivity index is 1.98. The number of Topliss-reactive ketones (excluding diaryl/α,β-unsaturated/α-hetero) is 1. The number of benzene rings is 1. The molecule has 1 aliphatic rings. The minimum absolute atomic E-state index is 0.000306. The molecule has 1 saturated heterocycles. The van der Waals surface area contributed by atoms with Gasteiger partial charge in [0.05, 0.1) is 12.2 Å². The van der Waals surface area contributed by atoms with Gasteiger partial charge in [0.15, 0.2) is 5.78 Å². The maximum atomic E-state index is 11.7. The summed E-state index contributed by atoms with van der Waals surface area (Å²) in [5, 5.41) is 0. The van der Waals surface area contributed by atoms with E-state index in [2.05, 4.69) is 34.7 Å². The summed E-state index contributed by atoms with van der Waals surface area (Å²) in [6.45, 7) is 8.94. The number of rotatable bonds is 5. The van der Waals surface area contributed by atoms with E-state index < -0.39 is 0 Å². The van der Waals surface area contributed by atoms with Gasteiger partial charge in [0.2, 0.25) is 0 Å². The number of nitrogens with zero attached hydrogens (tertiary/aromatic N) is 1. The van der Waals surface area contributed by atoms with Crippen molar-refractivity contribution in [2.45, 2.75) is 32.9 Å². The van der Waals surface area contributed by atoms with E-state index in [1.165, 1.54) is 0 Å². The zero-order valence-corrected chi connectivity index (χ0v) is 14.4. The lowest BCUT2D eigenvalue weighted by atomic mass is 10.1. The van der Waals surface area contributed by atoms with Crippen LogP contribution in [-0.4, -0.2) is 49.1 Å². The Morgan fingerprint density at radius 1 is 1.52 bits per heavy atom. The predicted octanol–water partition coefficient (Wildman–Crippen LogP) is 3.14. The maximum absolute atomic E-state index is 11.7. The Kier molecular flexibility index (Phi) is 5.79. The van der Waals surface area contributed by atoms with Gasteiger partial charge in [-0.15, -0.1) is 0 Å². The van der Waals surface area contributed by atoms with Crippen molar-refractivity contribution in [3.05, 3.63) is 28.2 Å². The smallest absolute Gasteiger partial charge is 0.163 e. The first-order valence-electron chi connectivity index (χ1n) is 7.26. The molecular formula is C16H22BrNO3. The summed E-state index contributed by atoms with van der Waals surface area (Å²) in [5.74, 6) is 0.621. The van der Waals surface area contributed by atoms with E-state index in [1.54, 1.807) is 13.0 Å². The van der Waals surface area contributed by atoms with E-state index in [-0.39, 0.29) is 11.9 Å². The molecule has 1 aliphatic heterocycles. The number of ether oxygens (including phenoxy) is 2. The minimum Gasteiger partial charge on any atom is -0.490 e. The number of carbonyl (C=O) groups is 1. The van der Waals surface area contributed by atoms with Crippen LogP contribution in [0.4, 0.5) is 0 Å². The molecule has 0 bridgehead atoms. The van der Waals surface area contributed by atoms with E-state index in [1.807, 2.05) is 12.1 Å². The summed E-state index contributed by atoms with van der Waals surface area (Å²) in [5.41, 5.74) is 0.598. The van der Waals surface area contributed by atoms with Crippen molar-refractivity contribution in [1.82, 2.24) is 4.90 Å². The molecule has 5 heteroatoms. The zero-order valence-electron chi connectivity index (χ0n) is 12.8. The van der Waals surface area contributed by atoms with Crippen molar-refractivity contribution < 1.29 is 14.3 Å². The van der Waals surface area contributed by atoms with Crippen LogP contribution in [0.2, 0.25) is 0 Å². The highest BCUT2D eigenvalue weighted by Crippen LogP contribution is 2.24. The molecule has 0 saturated carbocycles. The summed E-state index contributed by atoms with van der Waals surface area (Å²) >= 11 is 3.38. The molecule has 116 valence electrons. The summed E-state index contributed by atoms with van der Waals surface area (Å²) in [4.78, 5) is 14.1. The first-order valence-corrected chi connectivity index (χ1v) is 8.05. The number of hydrogen-bond donors (Lipinski definition) is 0. The molecule has 21 heavy (non-hydrogen) atoms. The average molecular weight is 356 g/mol. The van der Waals surface area contributed by atoms with Gasteiger partial charge < -0.3 is 9.47 Å². The largest absolute Gasteiger partial charge is 0.490 e. The van der Waals surface area contributed by atoms with E-state index in [0.717, 1.165) is 24.2 Å². The third-order valence-corrected chi connectivity index (χ3v) is 4.14. The summed E-state index contributed by atoms with van der Waals surface area (Å²) in [7, 11) is 0. The Morgan fingerprint density at radius 3 is 2.95 bits per heavy atom. The Bertz CT molecular complexity index is 504. The second-order valence-electron chi connectivity index (χ2n) is 5.59. The second kappa shape index (κ2) is 7.38. The Hall–Kier alpha value is -0.910. The SMILES string of the molecule is CC(=O)c1cc(Br)ccc1OCC1CN(C(C)C)CCO1. The van der Waals surface area contributed by atoms with Gasteiger partial charge in [-0.25, -0.2) is 0 Å². The van der Waals surface area contributed by atoms with Gasteiger partial charge >= 0.3 is 0 Å². The quantitative estimate of drug-likeness (QED) is 0.760. The number of halogens is 1. The van der Waals surface area contributed by atoms with Gasteiger partial charge in [0.1, 0.15) is 18.5 Å². The number of carbonyl (C=O) groups excluding carboxylic acids is 1. The Morgan fingerprint density at radius 2 is 2.29 bits per heavy atom. The van der Waals surface area contributed by atoms with Crippen LogP contribution in [-0.2, 0) is 4.74 Å². The van der Waals surface area contributed by atoms with Crippen LogP contribution in [0, 0.1) is 0 Å². The monoisotopic (exact) mass is 355 g/mol. The van der Waals surface area contributed by atoms with Crippen LogP contribution in [0.3, 0.4) is 0 Å². The molecule has 0 N–H and O–H groups in total. The second-order valence-corrected chi connectivity index (χ2v) is 6.50. The van der Waals surface area contributed by atoms with Crippen LogP contribution >= 0.6 is 15.9 Å². The van der Waals surface area contributed by atoms with Crippen LogP contribution in [0.1, 0.15) is 31.1 Å². The molecule has 0 aliphatic carbocycles. The first kappa shape index (κ1) is 16.5. The topological polar surface area (TPSA) is 38.8 Å². The van der Waals surface area contributed by atoms with Crippen molar-refractivity contribution in [2.24, 2.45) is 0 Å². The standard InChI is InChI=1S/C16H22BrNO3/c1-11(2)18-6-7-20-14(9-18)10-21-16-5-4-13(17)8-15(16)12(3)19/h4-5,8,11,14H,6-7,9-10H2,1-3H3. The molecule has 1 aromatic carbocycles. The van der Waals surface area contributed by atoms with Gasteiger partial charge in [0, 0.05) is 23.6 Å². The number of ketones is 1. The fourth-order valence-corrected chi connectivity index (χ4v) is 2.76. The average Bonchev–Trinajstić information content (AvgIpc) is 2.46. The molecular weight excluding hydrogens is 334 g/mol. The van der Waals surface area contributed by atoms with E-state index in [9.17, 15) is 4.79 Å². The van der Waals surface area contributed by atoms with Crippen LogP contribution in [0.25, 0.3) is 0 Å². The third kappa shape index (κ3) is 4.53. The molecule has 0 amide bonds. The van der Waals surface area contributed by atoms with Crippen LogP contribution in [0.5, 0.6) is 5.75 Å². The first-order chi connectivity index (χ1) is 9.97. The molecule has 0 radical (unpaired) electrons. The zero-order chi connectivity index (χ0) is 15.4. The molecule has 0 spiro atoms. The number of hydrogen-bond acceptors (Lipinski definition) is 4. The Labute approximate surface area is 134 Å². The number of morpholine rings is 1. The third-order valence-electron chi connectivity index (χ3n) is 3.65. The van der Waals surface area contributed by atoms with E-state index in [0.29, 0.717) is 24.0 Å². The molecule has 2 rings (SSSR count). The highest BCUT2D eigenvalue weighted by Gasteiger charge is 2.23. The van der Waals surface area contributed by atoms with Crippen molar-refractivity contribution in [2.75, 3.05) is 26.3 Å². The van der Waals surface area contributed by atoms with Gasteiger partial charge in [-0.2, -0.15) is 0 Å². The summed E-state index contributed by atoms with van der Waals surface area (Å²) < 4.78 is 12.4. The van der Waals surface area contributed by atoms with Crippen molar-refractivity contribution in [3.8, 4) is 5.75 Å². The van der Waals surface area contributed by atoms with Crippen molar-refractivity contribution in [3.63, 3.8) is 0 Å². The van der Waals surface area contributed by atoms with Crippen LogP contribution < -0.4 is 4.74 Å². The molecule has 1 unspecified atom stereocenters. The predicted molar refractivity (Wildman–Crippen MR) is 86.1 cm³/mol. The van der Waals surface area contributed by atoms with Gasteiger partial charge in [-0.05, 0) is 39.0 Å². The van der Waals surface area contributed by atoms with Crippen molar-refractivity contribution in [1.29, 1.82) is 0 Å².